The lowest BCUT2D eigenvalue weighted by molar-refractivity contribution is -0.141. The highest BCUT2D eigenvalue weighted by atomic mass is 35.5. The molecule has 1 aromatic rings. The monoisotopic (exact) mass is 339 g/mol. The summed E-state index contributed by atoms with van der Waals surface area (Å²) < 4.78 is 5.18. The Bertz CT molecular complexity index is 663. The highest BCUT2D eigenvalue weighted by Gasteiger charge is 2.68. The lowest BCUT2D eigenvalue weighted by Crippen LogP contribution is -2.27. The van der Waals surface area contributed by atoms with Crippen LogP contribution in [0.2, 0.25) is 5.02 Å². The van der Waals surface area contributed by atoms with Gasteiger partial charge in [0.15, 0.2) is 0 Å². The molecular weight excluding hydrogens is 318 g/mol. The van der Waals surface area contributed by atoms with Crippen molar-refractivity contribution >= 4 is 29.4 Å². The van der Waals surface area contributed by atoms with Crippen molar-refractivity contribution in [2.75, 3.05) is 5.32 Å². The number of anilines is 1. The molecule has 1 unspecified atom stereocenters. The first kappa shape index (κ1) is 17.6. The summed E-state index contributed by atoms with van der Waals surface area (Å²) in [6.45, 7) is 9.13. The van der Waals surface area contributed by atoms with Gasteiger partial charge in [-0.1, -0.05) is 31.5 Å². The minimum absolute atomic E-state index is 0.325. The predicted octanol–water partition coefficient (Wildman–Crippen LogP) is 4.44. The van der Waals surface area contributed by atoms with Crippen LogP contribution in [-0.2, 0) is 14.9 Å². The molecule has 0 aliphatic heterocycles. The number of benzene rings is 1. The summed E-state index contributed by atoms with van der Waals surface area (Å²) >= 11 is 6.29. The highest BCUT2D eigenvalue weighted by molar-refractivity contribution is 6.32. The Morgan fingerprint density at radius 2 is 1.87 bits per heavy atom. The zero-order chi connectivity index (χ0) is 17.6. The van der Waals surface area contributed by atoms with E-state index in [0.717, 1.165) is 0 Å². The van der Waals surface area contributed by atoms with Gasteiger partial charge in [0.1, 0.15) is 5.60 Å². The number of halogens is 1. The number of ether oxygens (including phenoxy) is 1. The van der Waals surface area contributed by atoms with E-state index in [-0.39, 0.29) is 5.41 Å². The van der Waals surface area contributed by atoms with Crippen LogP contribution >= 0.6 is 11.6 Å². The zero-order valence-electron chi connectivity index (χ0n) is 14.0. The van der Waals surface area contributed by atoms with E-state index in [4.69, 9.17) is 16.3 Å². The molecule has 0 radical (unpaired) electrons. The van der Waals surface area contributed by atoms with Crippen LogP contribution < -0.4 is 5.32 Å². The molecule has 0 aromatic heterocycles. The fourth-order valence-corrected chi connectivity index (χ4v) is 3.26. The molecule has 0 saturated heterocycles. The lowest BCUT2D eigenvalue weighted by atomic mass is 9.88. The first-order chi connectivity index (χ1) is 10.4. The van der Waals surface area contributed by atoms with Crippen molar-refractivity contribution in [1.29, 1.82) is 0 Å². The minimum Gasteiger partial charge on any atom is -0.481 e. The Morgan fingerprint density at radius 1 is 1.30 bits per heavy atom. The first-order valence-electron chi connectivity index (χ1n) is 7.42. The van der Waals surface area contributed by atoms with Gasteiger partial charge < -0.3 is 9.84 Å². The fraction of sp³-hybridized carbons (Fsp3) is 0.529. The molecule has 0 bridgehead atoms. The summed E-state index contributed by atoms with van der Waals surface area (Å²) in [6.07, 6.45) is -0.0468. The number of aliphatic carboxylic acids is 1. The number of hydrogen-bond donors (Lipinski definition) is 2. The number of carboxylic acid groups (broad SMARTS) is 1. The van der Waals surface area contributed by atoms with Crippen LogP contribution in [0, 0.1) is 5.41 Å². The van der Waals surface area contributed by atoms with Gasteiger partial charge in [-0.25, -0.2) is 4.79 Å². The highest BCUT2D eigenvalue weighted by Crippen LogP contribution is 2.65. The normalized spacial score (nSPS) is 22.3. The number of amides is 1. The van der Waals surface area contributed by atoms with E-state index in [1.807, 2.05) is 13.8 Å². The second-order valence-corrected chi connectivity index (χ2v) is 8.00. The van der Waals surface area contributed by atoms with E-state index < -0.39 is 23.1 Å². The largest absolute Gasteiger partial charge is 0.481 e. The summed E-state index contributed by atoms with van der Waals surface area (Å²) in [5.74, 6) is -0.878. The fourth-order valence-electron chi connectivity index (χ4n) is 2.92. The number of carboxylic acids is 1. The SMILES string of the molecule is CC(C)(C)OC(=O)Nc1ccc(C2(C(=O)O)CC2(C)C)c(Cl)c1. The van der Waals surface area contributed by atoms with Crippen molar-refractivity contribution < 1.29 is 19.4 Å². The minimum atomic E-state index is -0.964. The average molecular weight is 340 g/mol. The van der Waals surface area contributed by atoms with Gasteiger partial charge in [-0.15, -0.1) is 0 Å². The number of hydrogen-bond acceptors (Lipinski definition) is 3. The van der Waals surface area contributed by atoms with E-state index in [0.29, 0.717) is 22.7 Å². The Labute approximate surface area is 141 Å². The number of carbonyl (C=O) groups excluding carboxylic acids is 1. The average Bonchev–Trinajstić information content (AvgIpc) is 2.91. The molecule has 1 saturated carbocycles. The molecular formula is C17H22ClNO4. The van der Waals surface area contributed by atoms with Crippen molar-refractivity contribution in [1.82, 2.24) is 0 Å². The molecule has 1 atom stereocenters. The van der Waals surface area contributed by atoms with Crippen LogP contribution in [0.15, 0.2) is 18.2 Å². The van der Waals surface area contributed by atoms with Crippen LogP contribution in [0.25, 0.3) is 0 Å². The van der Waals surface area contributed by atoms with Crippen LogP contribution in [0.4, 0.5) is 10.5 Å². The molecule has 1 fully saturated rings. The van der Waals surface area contributed by atoms with Gasteiger partial charge in [-0.2, -0.15) is 0 Å². The van der Waals surface area contributed by atoms with Crippen LogP contribution in [0.3, 0.4) is 0 Å². The second-order valence-electron chi connectivity index (χ2n) is 7.59. The summed E-state index contributed by atoms with van der Waals surface area (Å²) in [5.41, 5.74) is -0.866. The molecule has 2 rings (SSSR count). The lowest BCUT2D eigenvalue weighted by Gasteiger charge is -2.21. The first-order valence-corrected chi connectivity index (χ1v) is 7.80. The topological polar surface area (TPSA) is 75.6 Å². The summed E-state index contributed by atoms with van der Waals surface area (Å²) in [5, 5.41) is 12.5. The third-order valence-corrected chi connectivity index (χ3v) is 4.49. The zero-order valence-corrected chi connectivity index (χ0v) is 14.7. The molecule has 2 N–H and O–H groups in total. The van der Waals surface area contributed by atoms with E-state index in [2.05, 4.69) is 5.32 Å². The Balaban J connectivity index is 2.23. The van der Waals surface area contributed by atoms with Gasteiger partial charge in [0.05, 0.1) is 5.41 Å². The van der Waals surface area contributed by atoms with Gasteiger partial charge in [-0.05, 0) is 50.3 Å². The third kappa shape index (κ3) is 3.29. The van der Waals surface area contributed by atoms with Crippen LogP contribution in [0.5, 0.6) is 0 Å². The van der Waals surface area contributed by atoms with Crippen LogP contribution in [0.1, 0.15) is 46.6 Å². The van der Waals surface area contributed by atoms with Crippen LogP contribution in [-0.4, -0.2) is 22.8 Å². The maximum Gasteiger partial charge on any atom is 0.412 e. The maximum atomic E-state index is 11.8. The number of nitrogens with one attached hydrogen (secondary N) is 1. The van der Waals surface area contributed by atoms with E-state index in [1.54, 1.807) is 39.0 Å². The summed E-state index contributed by atoms with van der Waals surface area (Å²) in [7, 11) is 0. The molecule has 5 nitrogen and oxygen atoms in total. The molecule has 1 aliphatic rings. The second kappa shape index (κ2) is 5.41. The maximum absolute atomic E-state index is 11.8. The molecule has 23 heavy (non-hydrogen) atoms. The summed E-state index contributed by atoms with van der Waals surface area (Å²) in [6, 6.07) is 4.86. The Morgan fingerprint density at radius 3 is 2.26 bits per heavy atom. The third-order valence-electron chi connectivity index (χ3n) is 4.18. The van der Waals surface area contributed by atoms with Crippen molar-refractivity contribution in [3.63, 3.8) is 0 Å². The van der Waals surface area contributed by atoms with Gasteiger partial charge in [0, 0.05) is 10.7 Å². The molecule has 1 aromatic carbocycles. The van der Waals surface area contributed by atoms with Gasteiger partial charge in [0.25, 0.3) is 0 Å². The smallest absolute Gasteiger partial charge is 0.412 e. The Kier molecular flexibility index (Phi) is 4.14. The van der Waals surface area contributed by atoms with Crippen molar-refractivity contribution in [2.45, 2.75) is 52.1 Å². The molecule has 0 spiro atoms. The molecule has 1 aliphatic carbocycles. The van der Waals surface area contributed by atoms with Gasteiger partial charge >= 0.3 is 12.1 Å². The molecule has 0 heterocycles. The van der Waals surface area contributed by atoms with Crippen molar-refractivity contribution in [3.05, 3.63) is 28.8 Å². The van der Waals surface area contributed by atoms with Crippen molar-refractivity contribution in [2.24, 2.45) is 5.41 Å². The molecule has 6 heteroatoms. The summed E-state index contributed by atoms with van der Waals surface area (Å²) in [4.78, 5) is 23.5. The number of rotatable bonds is 3. The van der Waals surface area contributed by atoms with E-state index in [9.17, 15) is 14.7 Å². The van der Waals surface area contributed by atoms with E-state index in [1.165, 1.54) is 0 Å². The van der Waals surface area contributed by atoms with Gasteiger partial charge in [0.2, 0.25) is 0 Å². The quantitative estimate of drug-likeness (QED) is 0.853. The predicted molar refractivity (Wildman–Crippen MR) is 89.0 cm³/mol. The number of carbonyl (C=O) groups is 2. The molecule has 126 valence electrons. The standard InChI is InChI=1S/C17H22ClNO4/c1-15(2,3)23-14(22)19-10-6-7-11(12(18)8-10)17(13(20)21)9-16(17,4)5/h6-8H,9H2,1-5H3,(H,19,22)(H,20,21). The van der Waals surface area contributed by atoms with E-state index >= 15 is 0 Å². The van der Waals surface area contributed by atoms with Gasteiger partial charge in [-0.3, -0.25) is 10.1 Å². The molecule has 1 amide bonds. The van der Waals surface area contributed by atoms with Crippen molar-refractivity contribution in [3.8, 4) is 0 Å². The Hall–Kier alpha value is -1.75.